The number of anilines is 1. The van der Waals surface area contributed by atoms with Gasteiger partial charge in [-0.15, -0.1) is 11.6 Å². The monoisotopic (exact) mass is 347 g/mol. The fraction of sp³-hybridized carbons (Fsp3) is 0.579. The van der Waals surface area contributed by atoms with Gasteiger partial charge in [-0.3, -0.25) is 9.59 Å². The second-order valence-corrected chi connectivity index (χ2v) is 8.68. The number of esters is 1. The highest BCUT2D eigenvalue weighted by Crippen LogP contribution is 2.64. The summed E-state index contributed by atoms with van der Waals surface area (Å²) >= 11 is 6.75. The van der Waals surface area contributed by atoms with E-state index in [0.717, 1.165) is 25.7 Å². The van der Waals surface area contributed by atoms with E-state index < -0.39 is 5.41 Å². The Labute approximate surface area is 146 Å². The molecule has 1 amide bonds. The highest BCUT2D eigenvalue weighted by atomic mass is 35.5. The number of carbonyl (C=O) groups excluding carboxylic acids is 2. The zero-order chi connectivity index (χ0) is 16.8. The van der Waals surface area contributed by atoms with Crippen molar-refractivity contribution in [2.75, 3.05) is 11.9 Å². The number of para-hydroxylation sites is 1. The Hall–Kier alpha value is -1.55. The van der Waals surface area contributed by atoms with Crippen molar-refractivity contribution in [2.24, 2.45) is 17.3 Å². The van der Waals surface area contributed by atoms with Gasteiger partial charge in [0, 0.05) is 10.6 Å². The molecule has 4 nitrogen and oxygen atoms in total. The average molecular weight is 348 g/mol. The number of amides is 1. The number of halogens is 1. The quantitative estimate of drug-likeness (QED) is 0.666. The van der Waals surface area contributed by atoms with Crippen LogP contribution in [0.3, 0.4) is 0 Å². The van der Waals surface area contributed by atoms with E-state index in [9.17, 15) is 9.59 Å². The third-order valence-electron chi connectivity index (χ3n) is 5.81. The van der Waals surface area contributed by atoms with Gasteiger partial charge in [-0.1, -0.05) is 18.2 Å². The molecule has 4 bridgehead atoms. The lowest BCUT2D eigenvalue weighted by molar-refractivity contribution is -0.171. The summed E-state index contributed by atoms with van der Waals surface area (Å²) in [6.45, 7) is -0.236. The second kappa shape index (κ2) is 5.76. The van der Waals surface area contributed by atoms with Crippen LogP contribution >= 0.6 is 11.6 Å². The Bertz CT molecular complexity index is 646. The Kier molecular flexibility index (Phi) is 3.83. The van der Waals surface area contributed by atoms with Gasteiger partial charge in [0.2, 0.25) is 0 Å². The van der Waals surface area contributed by atoms with Gasteiger partial charge in [-0.25, -0.2) is 0 Å². The minimum absolute atomic E-state index is 0.227. The van der Waals surface area contributed by atoms with E-state index in [0.29, 0.717) is 23.9 Å². The van der Waals surface area contributed by atoms with Crippen molar-refractivity contribution in [3.63, 3.8) is 0 Å². The van der Waals surface area contributed by atoms with Gasteiger partial charge in [0.05, 0.1) is 5.41 Å². The van der Waals surface area contributed by atoms with E-state index in [4.69, 9.17) is 16.3 Å². The van der Waals surface area contributed by atoms with E-state index in [1.54, 1.807) is 12.1 Å². The van der Waals surface area contributed by atoms with Crippen LogP contribution in [0.5, 0.6) is 0 Å². The number of carbonyl (C=O) groups is 2. The molecule has 0 aromatic heterocycles. The summed E-state index contributed by atoms with van der Waals surface area (Å²) in [4.78, 5) is 24.5. The molecule has 0 aliphatic heterocycles. The molecule has 5 rings (SSSR count). The van der Waals surface area contributed by atoms with Crippen LogP contribution in [0.4, 0.5) is 5.69 Å². The van der Waals surface area contributed by atoms with Crippen LogP contribution in [0.1, 0.15) is 38.5 Å². The summed E-state index contributed by atoms with van der Waals surface area (Å²) in [6, 6.07) is 9.17. The van der Waals surface area contributed by atoms with Crippen molar-refractivity contribution in [1.82, 2.24) is 0 Å². The maximum Gasteiger partial charge on any atom is 0.312 e. The lowest BCUT2D eigenvalue weighted by atomic mass is 9.49. The molecule has 1 aromatic rings. The molecular formula is C19H22ClNO3. The molecule has 4 aliphatic carbocycles. The zero-order valence-corrected chi connectivity index (χ0v) is 14.3. The Morgan fingerprint density at radius 1 is 1.12 bits per heavy atom. The Morgan fingerprint density at radius 3 is 2.42 bits per heavy atom. The number of nitrogens with one attached hydrogen (secondary N) is 1. The molecular weight excluding hydrogens is 326 g/mol. The minimum atomic E-state index is -0.459. The minimum Gasteiger partial charge on any atom is -0.455 e. The number of alkyl halides is 1. The summed E-state index contributed by atoms with van der Waals surface area (Å²) in [7, 11) is 0. The van der Waals surface area contributed by atoms with Crippen LogP contribution in [0.2, 0.25) is 0 Å². The molecule has 0 heterocycles. The molecule has 0 saturated heterocycles. The van der Waals surface area contributed by atoms with Crippen LogP contribution in [0.25, 0.3) is 0 Å². The summed E-state index contributed by atoms with van der Waals surface area (Å²) in [6.07, 6.45) is 5.68. The average Bonchev–Trinajstić information content (AvgIpc) is 2.51. The summed E-state index contributed by atoms with van der Waals surface area (Å²) in [5.41, 5.74) is 0.242. The van der Waals surface area contributed by atoms with Gasteiger partial charge in [0.25, 0.3) is 5.91 Å². The Balaban J connectivity index is 1.37. The van der Waals surface area contributed by atoms with Crippen LogP contribution in [0, 0.1) is 17.3 Å². The molecule has 128 valence electrons. The first kappa shape index (κ1) is 15.9. The van der Waals surface area contributed by atoms with Crippen LogP contribution in [0.15, 0.2) is 30.3 Å². The molecule has 4 aliphatic rings. The smallest absolute Gasteiger partial charge is 0.312 e. The van der Waals surface area contributed by atoms with Crippen LogP contribution in [-0.2, 0) is 14.3 Å². The topological polar surface area (TPSA) is 55.4 Å². The van der Waals surface area contributed by atoms with Crippen molar-refractivity contribution in [3.05, 3.63) is 30.3 Å². The fourth-order valence-electron chi connectivity index (χ4n) is 5.39. The maximum atomic E-state index is 12.7. The molecule has 4 saturated carbocycles. The van der Waals surface area contributed by atoms with Gasteiger partial charge >= 0.3 is 5.97 Å². The van der Waals surface area contributed by atoms with Crippen molar-refractivity contribution >= 4 is 29.2 Å². The first-order valence-corrected chi connectivity index (χ1v) is 9.05. The van der Waals surface area contributed by atoms with Crippen molar-refractivity contribution in [2.45, 2.75) is 43.4 Å². The second-order valence-electron chi connectivity index (χ2n) is 7.88. The predicted molar refractivity (Wildman–Crippen MR) is 91.7 cm³/mol. The van der Waals surface area contributed by atoms with E-state index in [1.165, 1.54) is 6.42 Å². The van der Waals surface area contributed by atoms with Gasteiger partial charge in [-0.2, -0.15) is 0 Å². The van der Waals surface area contributed by atoms with Crippen LogP contribution in [-0.4, -0.2) is 23.4 Å². The van der Waals surface area contributed by atoms with Crippen molar-refractivity contribution < 1.29 is 14.3 Å². The zero-order valence-electron chi connectivity index (χ0n) is 13.6. The SMILES string of the molecule is O=C(COC(=O)C12C[C@@H]3C[C@@H](CC(Cl)(C3)C1)C2)Nc1ccccc1. The summed E-state index contributed by atoms with van der Waals surface area (Å²) in [5, 5.41) is 2.74. The molecule has 0 radical (unpaired) electrons. The Morgan fingerprint density at radius 2 is 1.79 bits per heavy atom. The van der Waals surface area contributed by atoms with Gasteiger partial charge in [0.15, 0.2) is 6.61 Å². The molecule has 1 N–H and O–H groups in total. The molecule has 2 unspecified atom stereocenters. The van der Waals surface area contributed by atoms with E-state index in [1.807, 2.05) is 18.2 Å². The number of hydrogen-bond donors (Lipinski definition) is 1. The summed E-state index contributed by atoms with van der Waals surface area (Å²) in [5.74, 6) is 0.536. The molecule has 4 fully saturated rings. The van der Waals surface area contributed by atoms with Crippen LogP contribution < -0.4 is 5.32 Å². The van der Waals surface area contributed by atoms with E-state index >= 15 is 0 Å². The maximum absolute atomic E-state index is 12.7. The van der Waals surface area contributed by atoms with E-state index in [-0.39, 0.29) is 23.4 Å². The highest BCUT2D eigenvalue weighted by Gasteiger charge is 2.60. The summed E-state index contributed by atoms with van der Waals surface area (Å²) < 4.78 is 5.40. The first-order valence-electron chi connectivity index (χ1n) is 8.68. The molecule has 5 heteroatoms. The third kappa shape index (κ3) is 2.92. The third-order valence-corrected chi connectivity index (χ3v) is 6.26. The fourth-order valence-corrected chi connectivity index (χ4v) is 6.08. The molecule has 0 spiro atoms. The predicted octanol–water partition coefficient (Wildman–Crippen LogP) is 3.75. The number of ether oxygens (including phenoxy) is 1. The van der Waals surface area contributed by atoms with Crippen molar-refractivity contribution in [1.29, 1.82) is 0 Å². The molecule has 24 heavy (non-hydrogen) atoms. The number of hydrogen-bond acceptors (Lipinski definition) is 3. The van der Waals surface area contributed by atoms with Crippen molar-refractivity contribution in [3.8, 4) is 0 Å². The lowest BCUT2D eigenvalue weighted by Crippen LogP contribution is -2.56. The lowest BCUT2D eigenvalue weighted by Gasteiger charge is -2.58. The van der Waals surface area contributed by atoms with Gasteiger partial charge < -0.3 is 10.1 Å². The molecule has 1 aromatic carbocycles. The molecule has 4 atom stereocenters. The standard InChI is InChI=1S/C19H22ClNO3/c20-19-9-13-6-14(10-19)8-18(7-13,12-19)17(23)24-11-16(22)21-15-4-2-1-3-5-15/h1-5,13-14H,6-12H2,(H,21,22)/t13-,14+,18?,19?. The first-order chi connectivity index (χ1) is 11.5. The van der Waals surface area contributed by atoms with Gasteiger partial charge in [-0.05, 0) is 62.5 Å². The highest BCUT2D eigenvalue weighted by molar-refractivity contribution is 6.24. The number of benzene rings is 1. The number of rotatable bonds is 4. The van der Waals surface area contributed by atoms with Gasteiger partial charge in [0.1, 0.15) is 0 Å². The normalized spacial score (nSPS) is 36.4. The van der Waals surface area contributed by atoms with E-state index in [2.05, 4.69) is 5.32 Å². The largest absolute Gasteiger partial charge is 0.455 e.